The first-order valence-electron chi connectivity index (χ1n) is 9.26. The number of hydrogen-bond donors (Lipinski definition) is 1. The molecule has 0 fully saturated rings. The fourth-order valence-electron chi connectivity index (χ4n) is 4.10. The highest BCUT2D eigenvalue weighted by Crippen LogP contribution is 2.49. The molecule has 0 atom stereocenters. The molecule has 3 aromatic rings. The van der Waals surface area contributed by atoms with Crippen molar-refractivity contribution in [3.05, 3.63) is 94.0 Å². The summed E-state index contributed by atoms with van der Waals surface area (Å²) in [7, 11) is 0. The largest absolute Gasteiger partial charge is 0.305 e. The second kappa shape index (κ2) is 6.02. The number of hydrogen-bond acceptors (Lipinski definition) is 2. The van der Waals surface area contributed by atoms with Crippen LogP contribution in [0, 0.1) is 12.3 Å². The molecular formula is C25H23NO. The summed E-state index contributed by atoms with van der Waals surface area (Å²) < 4.78 is 0. The third kappa shape index (κ3) is 2.64. The number of aryl methyl sites for hydroxylation is 1. The maximum atomic E-state index is 13.1. The van der Waals surface area contributed by atoms with E-state index in [1.165, 1.54) is 22.3 Å². The quantitative estimate of drug-likeness (QED) is 0.461. The standard InChI is InChI=1S/C25H23NO/c1-15-7-5-6-8-19(15)24(27)18-10-12-21-20-11-9-17(16(2)26)13-22(20)25(3,4)23(21)14-18/h5-14,26H,1-4H3. The van der Waals surface area contributed by atoms with Crippen LogP contribution < -0.4 is 0 Å². The summed E-state index contributed by atoms with van der Waals surface area (Å²) >= 11 is 0. The lowest BCUT2D eigenvalue weighted by atomic mass is 9.81. The first-order chi connectivity index (χ1) is 12.8. The fourth-order valence-corrected chi connectivity index (χ4v) is 4.10. The van der Waals surface area contributed by atoms with E-state index in [2.05, 4.69) is 38.1 Å². The van der Waals surface area contributed by atoms with Gasteiger partial charge in [-0.25, -0.2) is 0 Å². The number of rotatable bonds is 3. The molecule has 0 radical (unpaired) electrons. The number of carbonyl (C=O) groups excluding carboxylic acids is 1. The summed E-state index contributed by atoms with van der Waals surface area (Å²) in [5, 5.41) is 7.95. The van der Waals surface area contributed by atoms with Crippen LogP contribution in [0.4, 0.5) is 0 Å². The Morgan fingerprint density at radius 1 is 0.852 bits per heavy atom. The minimum Gasteiger partial charge on any atom is -0.305 e. The van der Waals surface area contributed by atoms with Gasteiger partial charge in [0.2, 0.25) is 0 Å². The Bertz CT molecular complexity index is 1110. The van der Waals surface area contributed by atoms with Gasteiger partial charge < -0.3 is 5.41 Å². The number of benzene rings is 3. The van der Waals surface area contributed by atoms with E-state index in [1.807, 2.05) is 50.2 Å². The second-order valence-corrected chi connectivity index (χ2v) is 7.91. The van der Waals surface area contributed by atoms with Crippen LogP contribution in [0.1, 0.15) is 58.9 Å². The van der Waals surface area contributed by atoms with E-state index in [0.717, 1.165) is 22.3 Å². The molecule has 1 aliphatic carbocycles. The summed E-state index contributed by atoms with van der Waals surface area (Å²) in [6.45, 7) is 8.18. The van der Waals surface area contributed by atoms with Crippen molar-refractivity contribution in [2.75, 3.05) is 0 Å². The molecule has 0 saturated carbocycles. The Morgan fingerprint density at radius 2 is 1.41 bits per heavy atom. The molecule has 0 unspecified atom stereocenters. The van der Waals surface area contributed by atoms with Gasteiger partial charge in [-0.2, -0.15) is 0 Å². The van der Waals surface area contributed by atoms with Crippen LogP contribution in [-0.4, -0.2) is 11.5 Å². The van der Waals surface area contributed by atoms with Gasteiger partial charge in [-0.05, 0) is 59.4 Å². The van der Waals surface area contributed by atoms with Crippen molar-refractivity contribution in [2.24, 2.45) is 0 Å². The minimum absolute atomic E-state index is 0.0682. The van der Waals surface area contributed by atoms with Crippen LogP contribution in [-0.2, 0) is 5.41 Å². The number of nitrogens with one attached hydrogen (secondary N) is 1. The van der Waals surface area contributed by atoms with Crippen molar-refractivity contribution in [1.82, 2.24) is 0 Å². The molecule has 0 aliphatic heterocycles. The van der Waals surface area contributed by atoms with Gasteiger partial charge >= 0.3 is 0 Å². The topological polar surface area (TPSA) is 40.9 Å². The van der Waals surface area contributed by atoms with E-state index in [1.54, 1.807) is 0 Å². The van der Waals surface area contributed by atoms with Crippen molar-refractivity contribution in [1.29, 1.82) is 5.41 Å². The Labute approximate surface area is 160 Å². The van der Waals surface area contributed by atoms with E-state index in [-0.39, 0.29) is 11.2 Å². The minimum atomic E-state index is -0.196. The lowest BCUT2D eigenvalue weighted by Gasteiger charge is -2.22. The molecule has 2 heteroatoms. The van der Waals surface area contributed by atoms with E-state index in [9.17, 15) is 4.79 Å². The third-order valence-corrected chi connectivity index (χ3v) is 5.76. The van der Waals surface area contributed by atoms with E-state index in [4.69, 9.17) is 5.41 Å². The van der Waals surface area contributed by atoms with E-state index in [0.29, 0.717) is 5.71 Å². The first-order valence-corrected chi connectivity index (χ1v) is 9.26. The van der Waals surface area contributed by atoms with Crippen molar-refractivity contribution in [2.45, 2.75) is 33.1 Å². The molecule has 1 N–H and O–H groups in total. The van der Waals surface area contributed by atoms with E-state index >= 15 is 0 Å². The molecule has 4 rings (SSSR count). The molecule has 0 heterocycles. The normalized spacial score (nSPS) is 13.8. The predicted molar refractivity (Wildman–Crippen MR) is 111 cm³/mol. The lowest BCUT2D eigenvalue weighted by Crippen LogP contribution is -2.16. The lowest BCUT2D eigenvalue weighted by molar-refractivity contribution is 0.103. The van der Waals surface area contributed by atoms with Gasteiger partial charge in [0, 0.05) is 22.3 Å². The highest BCUT2D eigenvalue weighted by atomic mass is 16.1. The summed E-state index contributed by atoms with van der Waals surface area (Å²) in [5.41, 5.74) is 8.60. The zero-order chi connectivity index (χ0) is 19.3. The maximum Gasteiger partial charge on any atom is 0.193 e. The summed E-state index contributed by atoms with van der Waals surface area (Å²) in [6, 6.07) is 20.1. The van der Waals surface area contributed by atoms with E-state index < -0.39 is 0 Å². The Balaban J connectivity index is 1.84. The molecule has 0 aromatic heterocycles. The van der Waals surface area contributed by atoms with Crippen molar-refractivity contribution < 1.29 is 4.79 Å². The Hall–Kier alpha value is -3.00. The Kier molecular flexibility index (Phi) is 3.88. The molecule has 0 spiro atoms. The highest BCUT2D eigenvalue weighted by Gasteiger charge is 2.36. The van der Waals surface area contributed by atoms with Crippen LogP contribution in [0.25, 0.3) is 11.1 Å². The first kappa shape index (κ1) is 17.4. The zero-order valence-corrected chi connectivity index (χ0v) is 16.2. The zero-order valence-electron chi connectivity index (χ0n) is 16.2. The molecule has 0 amide bonds. The van der Waals surface area contributed by atoms with Crippen molar-refractivity contribution in [3.8, 4) is 11.1 Å². The van der Waals surface area contributed by atoms with Crippen molar-refractivity contribution in [3.63, 3.8) is 0 Å². The maximum absolute atomic E-state index is 13.1. The van der Waals surface area contributed by atoms with Crippen LogP contribution >= 0.6 is 0 Å². The molecule has 0 bridgehead atoms. The number of fused-ring (bicyclic) bond motifs is 3. The molecular weight excluding hydrogens is 330 g/mol. The smallest absolute Gasteiger partial charge is 0.193 e. The fraction of sp³-hybridized carbons (Fsp3) is 0.200. The van der Waals surface area contributed by atoms with Gasteiger partial charge in [0.1, 0.15) is 0 Å². The highest BCUT2D eigenvalue weighted by molar-refractivity contribution is 6.10. The van der Waals surface area contributed by atoms with Gasteiger partial charge in [-0.1, -0.05) is 62.4 Å². The Morgan fingerprint density at radius 3 is 2.00 bits per heavy atom. The molecule has 1 aliphatic rings. The average Bonchev–Trinajstić information content (AvgIpc) is 2.88. The molecule has 134 valence electrons. The molecule has 3 aromatic carbocycles. The van der Waals surface area contributed by atoms with Gasteiger partial charge in [0.05, 0.1) is 0 Å². The summed E-state index contributed by atoms with van der Waals surface area (Å²) in [5.74, 6) is 0.0682. The number of ketones is 1. The predicted octanol–water partition coefficient (Wildman–Crippen LogP) is 5.92. The second-order valence-electron chi connectivity index (χ2n) is 7.91. The summed E-state index contributed by atoms with van der Waals surface area (Å²) in [4.78, 5) is 13.1. The molecule has 2 nitrogen and oxygen atoms in total. The van der Waals surface area contributed by atoms with Crippen LogP contribution in [0.2, 0.25) is 0 Å². The van der Waals surface area contributed by atoms with Crippen LogP contribution in [0.5, 0.6) is 0 Å². The van der Waals surface area contributed by atoms with Crippen LogP contribution in [0.15, 0.2) is 60.7 Å². The van der Waals surface area contributed by atoms with Crippen molar-refractivity contribution >= 4 is 11.5 Å². The van der Waals surface area contributed by atoms with Gasteiger partial charge in [-0.3, -0.25) is 4.79 Å². The van der Waals surface area contributed by atoms with Crippen LogP contribution in [0.3, 0.4) is 0 Å². The summed E-state index contributed by atoms with van der Waals surface area (Å²) in [6.07, 6.45) is 0. The number of carbonyl (C=O) groups is 1. The monoisotopic (exact) mass is 353 g/mol. The SMILES string of the molecule is CC(=N)c1ccc2c(c1)C(C)(C)c1cc(C(=O)c3ccccc3C)ccc1-2. The third-order valence-electron chi connectivity index (χ3n) is 5.76. The molecule has 0 saturated heterocycles. The van der Waals surface area contributed by atoms with Gasteiger partial charge in [0.25, 0.3) is 0 Å². The average molecular weight is 353 g/mol. The van der Waals surface area contributed by atoms with Gasteiger partial charge in [-0.15, -0.1) is 0 Å². The van der Waals surface area contributed by atoms with Gasteiger partial charge in [0.15, 0.2) is 5.78 Å². The molecule has 27 heavy (non-hydrogen) atoms.